The lowest BCUT2D eigenvalue weighted by molar-refractivity contribution is -0.331. The number of carbonyl (C=O) groups is 1. The number of aliphatic hydroxyl groups is 5. The lowest BCUT2D eigenvalue weighted by Crippen LogP contribution is -2.68. The second kappa shape index (κ2) is 14.4. The zero-order chi connectivity index (χ0) is 21.7. The van der Waals surface area contributed by atoms with E-state index in [1.165, 1.54) is 57.8 Å². The molecule has 0 saturated carbocycles. The summed E-state index contributed by atoms with van der Waals surface area (Å²) in [5.74, 6) is -3.33. The largest absolute Gasteiger partial charge is 0.394 e. The monoisotopic (exact) mass is 418 g/mol. The number of hydrogen-bond acceptors (Lipinski definition) is 7. The minimum absolute atomic E-state index is 0.00623. The first-order valence-electron chi connectivity index (χ1n) is 11.5. The van der Waals surface area contributed by atoms with Gasteiger partial charge in [0.25, 0.3) is 5.79 Å². The highest BCUT2D eigenvalue weighted by Gasteiger charge is 2.56. The van der Waals surface area contributed by atoms with E-state index in [1.807, 2.05) is 0 Å². The normalized spacial score (nSPS) is 29.9. The number of unbranched alkanes of at least 4 members (excludes halogenated alkanes) is 12. The van der Waals surface area contributed by atoms with Gasteiger partial charge in [-0.2, -0.15) is 0 Å². The summed E-state index contributed by atoms with van der Waals surface area (Å²) in [6, 6.07) is 0. The molecule has 1 heterocycles. The standard InChI is InChI=1S/C22H42O7/c1-2-3-4-5-6-7-8-9-10-11-12-13-14-15-18(24)22(28)21(27)20(26)19(25)17(16-23)29-22/h17,19-21,23,25-28H,2-16H2,1H3/t17-,19+,20+,21-,22?/m1/s1. The molecule has 0 bridgehead atoms. The van der Waals surface area contributed by atoms with Gasteiger partial charge in [-0.3, -0.25) is 4.79 Å². The molecule has 0 spiro atoms. The summed E-state index contributed by atoms with van der Waals surface area (Å²) in [5.41, 5.74) is 0. The highest BCUT2D eigenvalue weighted by molar-refractivity contribution is 5.86. The maximum Gasteiger partial charge on any atom is 0.256 e. The summed E-state index contributed by atoms with van der Waals surface area (Å²) >= 11 is 0. The summed E-state index contributed by atoms with van der Waals surface area (Å²) in [4.78, 5) is 12.3. The highest BCUT2D eigenvalue weighted by Crippen LogP contribution is 2.30. The van der Waals surface area contributed by atoms with Crippen molar-refractivity contribution >= 4 is 5.78 Å². The van der Waals surface area contributed by atoms with Crippen LogP contribution in [0.1, 0.15) is 96.8 Å². The van der Waals surface area contributed by atoms with Crippen molar-refractivity contribution in [2.45, 2.75) is 127 Å². The van der Waals surface area contributed by atoms with Gasteiger partial charge in [-0.25, -0.2) is 0 Å². The molecule has 0 aromatic heterocycles. The Morgan fingerprint density at radius 1 is 0.793 bits per heavy atom. The molecular formula is C22H42O7. The number of ketones is 1. The quantitative estimate of drug-likeness (QED) is 0.243. The minimum atomic E-state index is -2.59. The van der Waals surface area contributed by atoms with Crippen molar-refractivity contribution in [1.82, 2.24) is 0 Å². The molecule has 5 N–H and O–H groups in total. The zero-order valence-electron chi connectivity index (χ0n) is 18.0. The Labute approximate surface area is 175 Å². The molecule has 29 heavy (non-hydrogen) atoms. The van der Waals surface area contributed by atoms with Gasteiger partial charge >= 0.3 is 0 Å². The van der Waals surface area contributed by atoms with Gasteiger partial charge in [0, 0.05) is 6.42 Å². The molecule has 7 heteroatoms. The molecule has 1 fully saturated rings. The van der Waals surface area contributed by atoms with Gasteiger partial charge in [0.2, 0.25) is 0 Å². The van der Waals surface area contributed by atoms with E-state index in [9.17, 15) is 30.3 Å². The van der Waals surface area contributed by atoms with E-state index >= 15 is 0 Å². The van der Waals surface area contributed by atoms with Crippen molar-refractivity contribution in [3.8, 4) is 0 Å². The molecule has 7 nitrogen and oxygen atoms in total. The van der Waals surface area contributed by atoms with E-state index in [2.05, 4.69) is 6.92 Å². The average molecular weight is 419 g/mol. The molecule has 5 atom stereocenters. The van der Waals surface area contributed by atoms with Crippen LogP contribution in [0.15, 0.2) is 0 Å². The smallest absolute Gasteiger partial charge is 0.256 e. The van der Waals surface area contributed by atoms with E-state index in [1.54, 1.807) is 0 Å². The van der Waals surface area contributed by atoms with Gasteiger partial charge in [0.05, 0.1) is 6.61 Å². The molecule has 1 aliphatic heterocycles. The van der Waals surface area contributed by atoms with Crippen LogP contribution < -0.4 is 0 Å². The minimum Gasteiger partial charge on any atom is -0.394 e. The Hall–Kier alpha value is -0.570. The fraction of sp³-hybridized carbons (Fsp3) is 0.955. The first kappa shape index (κ1) is 26.5. The number of ether oxygens (including phenoxy) is 1. The Bertz CT molecular complexity index is 443. The molecular weight excluding hydrogens is 376 g/mol. The molecule has 172 valence electrons. The van der Waals surface area contributed by atoms with E-state index in [-0.39, 0.29) is 6.42 Å². The summed E-state index contributed by atoms with van der Waals surface area (Å²) in [6.45, 7) is 1.55. The van der Waals surface area contributed by atoms with Crippen LogP contribution in [0.25, 0.3) is 0 Å². The van der Waals surface area contributed by atoms with Gasteiger partial charge in [-0.1, -0.05) is 84.0 Å². The first-order chi connectivity index (χ1) is 13.9. The van der Waals surface area contributed by atoms with E-state index in [0.717, 1.165) is 19.3 Å². The Kier molecular flexibility index (Phi) is 13.2. The summed E-state index contributed by atoms with van der Waals surface area (Å²) < 4.78 is 5.04. The van der Waals surface area contributed by atoms with Crippen LogP contribution >= 0.6 is 0 Å². The second-order valence-corrected chi connectivity index (χ2v) is 8.38. The second-order valence-electron chi connectivity index (χ2n) is 8.38. The van der Waals surface area contributed by atoms with Gasteiger partial charge in [0.15, 0.2) is 5.78 Å². The molecule has 1 aliphatic rings. The lowest BCUT2D eigenvalue weighted by atomic mass is 9.88. The van der Waals surface area contributed by atoms with Crippen LogP contribution in [0, 0.1) is 0 Å². The Morgan fingerprint density at radius 2 is 1.24 bits per heavy atom. The summed E-state index contributed by atoms with van der Waals surface area (Å²) in [6.07, 6.45) is 8.61. The molecule has 0 aromatic rings. The maximum atomic E-state index is 12.3. The maximum absolute atomic E-state index is 12.3. The van der Waals surface area contributed by atoms with Crippen LogP contribution in [-0.4, -0.2) is 68.1 Å². The van der Waals surface area contributed by atoms with Crippen LogP contribution in [-0.2, 0) is 9.53 Å². The average Bonchev–Trinajstić information content (AvgIpc) is 2.72. The van der Waals surface area contributed by atoms with Crippen LogP contribution in [0.3, 0.4) is 0 Å². The predicted octanol–water partition coefficient (Wildman–Crippen LogP) is 2.20. The fourth-order valence-electron chi connectivity index (χ4n) is 3.87. The molecule has 0 aliphatic carbocycles. The van der Waals surface area contributed by atoms with Gasteiger partial charge in [-0.15, -0.1) is 0 Å². The molecule has 1 unspecified atom stereocenters. The van der Waals surface area contributed by atoms with Gasteiger partial charge in [0.1, 0.15) is 24.4 Å². The van der Waals surface area contributed by atoms with Crippen LogP contribution in [0.5, 0.6) is 0 Å². The predicted molar refractivity (Wildman–Crippen MR) is 110 cm³/mol. The number of hydrogen-bond donors (Lipinski definition) is 5. The Balaban J connectivity index is 2.13. The third-order valence-corrected chi connectivity index (χ3v) is 5.87. The van der Waals surface area contributed by atoms with Crippen molar-refractivity contribution in [2.75, 3.05) is 6.61 Å². The van der Waals surface area contributed by atoms with Crippen molar-refractivity contribution < 1.29 is 35.1 Å². The van der Waals surface area contributed by atoms with Crippen molar-refractivity contribution in [1.29, 1.82) is 0 Å². The van der Waals surface area contributed by atoms with Crippen molar-refractivity contribution in [3.05, 3.63) is 0 Å². The molecule has 0 aromatic carbocycles. The molecule has 0 radical (unpaired) electrons. The third-order valence-electron chi connectivity index (χ3n) is 5.87. The van der Waals surface area contributed by atoms with E-state index in [0.29, 0.717) is 6.42 Å². The summed E-state index contributed by atoms with van der Waals surface area (Å²) in [5, 5.41) is 49.0. The van der Waals surface area contributed by atoms with Crippen LogP contribution in [0.2, 0.25) is 0 Å². The fourth-order valence-corrected chi connectivity index (χ4v) is 3.87. The third kappa shape index (κ3) is 8.59. The van der Waals surface area contributed by atoms with Gasteiger partial charge in [-0.05, 0) is 6.42 Å². The zero-order valence-corrected chi connectivity index (χ0v) is 18.0. The molecule has 0 amide bonds. The van der Waals surface area contributed by atoms with E-state index in [4.69, 9.17) is 4.74 Å². The number of aliphatic hydroxyl groups excluding tert-OH is 4. The highest BCUT2D eigenvalue weighted by atomic mass is 16.7. The number of Topliss-reactive ketones (excluding diaryl/α,β-unsaturated/α-hetero) is 1. The summed E-state index contributed by atoms with van der Waals surface area (Å²) in [7, 11) is 0. The van der Waals surface area contributed by atoms with Crippen molar-refractivity contribution in [3.63, 3.8) is 0 Å². The Morgan fingerprint density at radius 3 is 1.69 bits per heavy atom. The molecule has 1 saturated heterocycles. The topological polar surface area (TPSA) is 127 Å². The first-order valence-corrected chi connectivity index (χ1v) is 11.5. The van der Waals surface area contributed by atoms with Crippen LogP contribution in [0.4, 0.5) is 0 Å². The van der Waals surface area contributed by atoms with E-state index < -0.39 is 42.6 Å². The SMILES string of the molecule is CCCCCCCCCCCCCCCC(=O)C1(O)O[C@H](CO)[C@H](O)[C@H](O)[C@H]1O. The van der Waals surface area contributed by atoms with Crippen molar-refractivity contribution in [2.24, 2.45) is 0 Å². The van der Waals surface area contributed by atoms with Gasteiger partial charge < -0.3 is 30.3 Å². The molecule has 1 rings (SSSR count). The number of carbonyl (C=O) groups excluding carboxylic acids is 1. The number of rotatable bonds is 16. The lowest BCUT2D eigenvalue weighted by Gasteiger charge is -2.44.